The third-order valence-corrected chi connectivity index (χ3v) is 2.21. The van der Waals surface area contributed by atoms with Gasteiger partial charge in [-0.25, -0.2) is 9.05 Å². The van der Waals surface area contributed by atoms with E-state index in [-0.39, 0.29) is 37.7 Å². The molecule has 1 N–H and O–H groups in total. The van der Waals surface area contributed by atoms with Crippen LogP contribution in [0.3, 0.4) is 0 Å². The van der Waals surface area contributed by atoms with Crippen molar-refractivity contribution in [3.8, 4) is 0 Å². The fourth-order valence-electron chi connectivity index (χ4n) is 0.851. The number of pyridine rings is 1. The Labute approximate surface area is 106 Å². The Morgan fingerprint density at radius 2 is 2.33 bits per heavy atom. The van der Waals surface area contributed by atoms with Crippen molar-refractivity contribution in [1.82, 2.24) is 4.98 Å². The largest absolute Gasteiger partial charge is 0.359 e. The van der Waals surface area contributed by atoms with Gasteiger partial charge in [-0.2, -0.15) is 0 Å². The maximum atomic E-state index is 10.8. The molecule has 1 radical (unpaired) electrons. The molecule has 0 spiro atoms. The van der Waals surface area contributed by atoms with Gasteiger partial charge in [-0.1, -0.05) is 6.07 Å². The molecule has 1 aromatic heterocycles. The molecule has 1 rings (SSSR count). The van der Waals surface area contributed by atoms with Crippen LogP contribution in [0.1, 0.15) is 5.69 Å². The minimum atomic E-state index is -2.24. The zero-order chi connectivity index (χ0) is 10.6. The standard InChI is InChI=1S/C7H7N2O3PS.Re/c1-8-6-3-2-5(4-12-13)9-7(6)14(10)11;/h2-3H,4,13H2,(H,10,11);. The normalized spacial score (nSPS) is 11.3. The van der Waals surface area contributed by atoms with Crippen LogP contribution >= 0.6 is 9.47 Å². The Bertz CT molecular complexity index is 410. The van der Waals surface area contributed by atoms with Gasteiger partial charge in [0.1, 0.15) is 0 Å². The van der Waals surface area contributed by atoms with Crippen LogP contribution in [0.2, 0.25) is 0 Å². The van der Waals surface area contributed by atoms with Crippen LogP contribution in [0.4, 0.5) is 5.69 Å². The quantitative estimate of drug-likeness (QED) is 0.461. The van der Waals surface area contributed by atoms with E-state index in [0.717, 1.165) is 0 Å². The number of hydrogen-bond donors (Lipinski definition) is 1. The van der Waals surface area contributed by atoms with Crippen molar-refractivity contribution in [3.63, 3.8) is 0 Å². The van der Waals surface area contributed by atoms with E-state index in [4.69, 9.17) is 15.6 Å². The SMILES string of the molecule is [C-]#[N+]c1ccc(COP)nc1S(=O)O.[Re]. The first-order valence-electron chi connectivity index (χ1n) is 3.49. The van der Waals surface area contributed by atoms with Crippen LogP contribution in [0.15, 0.2) is 17.2 Å². The first kappa shape index (κ1) is 14.8. The maximum absolute atomic E-state index is 10.8. The van der Waals surface area contributed by atoms with Crippen molar-refractivity contribution in [3.05, 3.63) is 29.2 Å². The zero-order valence-electron chi connectivity index (χ0n) is 7.38. The van der Waals surface area contributed by atoms with Crippen LogP contribution in [-0.2, 0) is 42.6 Å². The molecule has 0 saturated carbocycles. The molecule has 81 valence electrons. The molecular formula is C7H7N2O3PReS. The molecule has 0 aromatic carbocycles. The summed E-state index contributed by atoms with van der Waals surface area (Å²) < 4.78 is 24.4. The summed E-state index contributed by atoms with van der Waals surface area (Å²) in [6.07, 6.45) is 0. The van der Waals surface area contributed by atoms with Gasteiger partial charge in [0.05, 0.1) is 18.9 Å². The fraction of sp³-hybridized carbons (Fsp3) is 0.143. The Balaban J connectivity index is 0.00000196. The minimum Gasteiger partial charge on any atom is -0.359 e. The van der Waals surface area contributed by atoms with E-state index in [2.05, 4.69) is 19.3 Å². The molecule has 2 unspecified atom stereocenters. The molecule has 0 aliphatic rings. The molecule has 0 amide bonds. The Morgan fingerprint density at radius 1 is 1.67 bits per heavy atom. The van der Waals surface area contributed by atoms with Gasteiger partial charge in [-0.05, 0) is 6.07 Å². The second-order valence-electron chi connectivity index (χ2n) is 2.30. The van der Waals surface area contributed by atoms with Gasteiger partial charge in [0.2, 0.25) is 5.69 Å². The van der Waals surface area contributed by atoms with Crippen LogP contribution in [0, 0.1) is 6.57 Å². The number of aromatic nitrogens is 1. The molecule has 8 heteroatoms. The van der Waals surface area contributed by atoms with E-state index in [1.54, 1.807) is 6.07 Å². The summed E-state index contributed by atoms with van der Waals surface area (Å²) in [7, 11) is 2.05. The van der Waals surface area contributed by atoms with E-state index >= 15 is 0 Å². The minimum absolute atomic E-state index is 0. The van der Waals surface area contributed by atoms with Gasteiger partial charge >= 0.3 is 0 Å². The monoisotopic (exact) mass is 417 g/mol. The molecule has 1 aromatic rings. The predicted molar refractivity (Wildman–Crippen MR) is 54.0 cm³/mol. The van der Waals surface area contributed by atoms with Gasteiger partial charge in [0.25, 0.3) is 0 Å². The fourth-order valence-corrected chi connectivity index (χ4v) is 1.51. The Kier molecular flexibility index (Phi) is 7.04. The van der Waals surface area contributed by atoms with Crippen LogP contribution in [0.25, 0.3) is 4.85 Å². The topological polar surface area (TPSA) is 63.8 Å². The third-order valence-electron chi connectivity index (χ3n) is 1.41. The molecular weight excluding hydrogens is 409 g/mol. The summed E-state index contributed by atoms with van der Waals surface area (Å²) in [4.78, 5) is 6.91. The summed E-state index contributed by atoms with van der Waals surface area (Å²) in [5.41, 5.74) is 0.586. The third kappa shape index (κ3) is 4.04. The molecule has 2 atom stereocenters. The van der Waals surface area contributed by atoms with Gasteiger partial charge in [0.15, 0.2) is 16.1 Å². The number of hydrogen-bond acceptors (Lipinski definition) is 3. The molecule has 0 saturated heterocycles. The molecule has 0 aliphatic heterocycles. The summed E-state index contributed by atoms with van der Waals surface area (Å²) in [6.45, 7) is 6.97. The number of nitrogens with zero attached hydrogens (tertiary/aromatic N) is 2. The average Bonchev–Trinajstić information content (AvgIpc) is 2.18. The van der Waals surface area contributed by atoms with Crippen LogP contribution in [-0.4, -0.2) is 13.7 Å². The van der Waals surface area contributed by atoms with Crippen molar-refractivity contribution in [1.29, 1.82) is 0 Å². The van der Waals surface area contributed by atoms with E-state index in [1.165, 1.54) is 6.07 Å². The van der Waals surface area contributed by atoms with E-state index in [0.29, 0.717) is 5.69 Å². The predicted octanol–water partition coefficient (Wildman–Crippen LogP) is 1.52. The maximum Gasteiger partial charge on any atom is 0.223 e. The summed E-state index contributed by atoms with van der Waals surface area (Å²) in [5.74, 6) is 0. The van der Waals surface area contributed by atoms with Gasteiger partial charge in [0, 0.05) is 29.9 Å². The van der Waals surface area contributed by atoms with Gasteiger partial charge in [-0.3, -0.25) is 4.98 Å². The average molecular weight is 416 g/mol. The second-order valence-corrected chi connectivity index (χ2v) is 3.52. The Hall–Kier alpha value is -0.198. The summed E-state index contributed by atoms with van der Waals surface area (Å²) >= 11 is -2.24. The van der Waals surface area contributed by atoms with Gasteiger partial charge < -0.3 is 9.08 Å². The van der Waals surface area contributed by atoms with E-state index < -0.39 is 11.1 Å². The Morgan fingerprint density at radius 3 is 2.80 bits per heavy atom. The molecule has 15 heavy (non-hydrogen) atoms. The van der Waals surface area contributed by atoms with Gasteiger partial charge in [-0.15, -0.1) is 0 Å². The number of rotatable bonds is 3. The molecule has 0 aliphatic carbocycles. The van der Waals surface area contributed by atoms with E-state index in [1.807, 2.05) is 0 Å². The smallest absolute Gasteiger partial charge is 0.223 e. The zero-order valence-corrected chi connectivity index (χ0v) is 12.1. The molecule has 0 bridgehead atoms. The van der Waals surface area contributed by atoms with Crippen molar-refractivity contribution in [2.45, 2.75) is 11.6 Å². The molecule has 5 nitrogen and oxygen atoms in total. The van der Waals surface area contributed by atoms with Crippen molar-refractivity contribution >= 4 is 26.2 Å². The first-order valence-corrected chi connectivity index (χ1v) is 5.06. The van der Waals surface area contributed by atoms with Crippen molar-refractivity contribution in [2.75, 3.05) is 0 Å². The second kappa shape index (κ2) is 7.14. The van der Waals surface area contributed by atoms with E-state index in [9.17, 15) is 4.21 Å². The summed E-state index contributed by atoms with van der Waals surface area (Å²) in [5, 5.41) is -0.125. The summed E-state index contributed by atoms with van der Waals surface area (Å²) in [6, 6.07) is 3.02. The van der Waals surface area contributed by atoms with Crippen molar-refractivity contribution < 1.29 is 33.7 Å². The van der Waals surface area contributed by atoms with Crippen molar-refractivity contribution in [2.24, 2.45) is 0 Å². The first-order chi connectivity index (χ1) is 6.69. The van der Waals surface area contributed by atoms with Crippen LogP contribution in [0.5, 0.6) is 0 Å². The van der Waals surface area contributed by atoms with Crippen LogP contribution < -0.4 is 0 Å². The molecule has 1 heterocycles. The molecule has 0 fully saturated rings.